The fourth-order valence-corrected chi connectivity index (χ4v) is 10.2. The van der Waals surface area contributed by atoms with Gasteiger partial charge in [-0.3, -0.25) is 0 Å². The predicted octanol–water partition coefficient (Wildman–Crippen LogP) is 14.3. The van der Waals surface area contributed by atoms with Crippen molar-refractivity contribution in [3.05, 3.63) is 220 Å². The molecule has 0 saturated carbocycles. The van der Waals surface area contributed by atoms with Gasteiger partial charge in [-0.1, -0.05) is 170 Å². The smallest absolute Gasteiger partial charge is 0.128 e. The Morgan fingerprint density at radius 1 is 0.627 bits per heavy atom. The van der Waals surface area contributed by atoms with Crippen LogP contribution in [0.4, 0.5) is 0 Å². The molecule has 2 heteroatoms. The van der Waals surface area contributed by atoms with E-state index >= 15 is 0 Å². The number of allylic oxidation sites excluding steroid dienone is 10. The second-order valence-corrected chi connectivity index (χ2v) is 16.7. The van der Waals surface area contributed by atoms with Crippen molar-refractivity contribution in [3.8, 4) is 5.75 Å². The van der Waals surface area contributed by atoms with Crippen molar-refractivity contribution in [2.75, 3.05) is 0 Å². The number of hydrogen-bond acceptors (Lipinski definition) is 2. The van der Waals surface area contributed by atoms with E-state index < -0.39 is 0 Å². The summed E-state index contributed by atoms with van der Waals surface area (Å²) in [7, 11) is 0. The highest BCUT2D eigenvalue weighted by atomic mass is 16.5. The summed E-state index contributed by atoms with van der Waals surface area (Å²) in [5.74, 6) is 1.69. The van der Waals surface area contributed by atoms with Crippen molar-refractivity contribution in [1.29, 1.82) is 0 Å². The molecule has 11 rings (SSSR count). The Morgan fingerprint density at radius 3 is 2.24 bits per heavy atom. The van der Waals surface area contributed by atoms with Crippen LogP contribution in [0.15, 0.2) is 192 Å². The minimum atomic E-state index is 0.117. The molecule has 2 heterocycles. The summed E-state index contributed by atoms with van der Waals surface area (Å²) in [5.41, 5.74) is 16.7. The second kappa shape index (κ2) is 15.0. The molecule has 286 valence electrons. The molecule has 0 bridgehead atoms. The molecule has 2 aliphatic heterocycles. The van der Waals surface area contributed by atoms with Crippen LogP contribution in [-0.2, 0) is 6.42 Å². The van der Waals surface area contributed by atoms with Crippen LogP contribution in [0, 0.1) is 11.8 Å². The van der Waals surface area contributed by atoms with E-state index in [0.717, 1.165) is 66.8 Å². The third-order valence-corrected chi connectivity index (χ3v) is 13.2. The van der Waals surface area contributed by atoms with E-state index in [-0.39, 0.29) is 12.0 Å². The topological polar surface area (TPSA) is 21.6 Å². The number of aliphatic imine (C=N–C) groups is 1. The summed E-state index contributed by atoms with van der Waals surface area (Å²) in [5, 5.41) is 5.42. The first-order chi connectivity index (χ1) is 29.2. The predicted molar refractivity (Wildman–Crippen MR) is 248 cm³/mol. The highest BCUT2D eigenvalue weighted by Gasteiger charge is 2.31. The van der Waals surface area contributed by atoms with Gasteiger partial charge in [0.1, 0.15) is 11.9 Å². The molecule has 3 atom stereocenters. The van der Waals surface area contributed by atoms with Crippen molar-refractivity contribution < 1.29 is 4.74 Å². The molecular formula is C57H47NO. The third-order valence-electron chi connectivity index (χ3n) is 13.2. The minimum Gasteiger partial charge on any atom is -0.485 e. The molecule has 0 aromatic heterocycles. The van der Waals surface area contributed by atoms with E-state index in [0.29, 0.717) is 5.92 Å². The van der Waals surface area contributed by atoms with Gasteiger partial charge in [0.25, 0.3) is 0 Å². The Kier molecular flexibility index (Phi) is 9.07. The van der Waals surface area contributed by atoms with Gasteiger partial charge in [-0.2, -0.15) is 0 Å². The van der Waals surface area contributed by atoms with Crippen LogP contribution in [0.5, 0.6) is 5.75 Å². The Hall–Kier alpha value is -6.51. The van der Waals surface area contributed by atoms with Crippen LogP contribution in [0.25, 0.3) is 44.5 Å². The van der Waals surface area contributed by atoms with Crippen molar-refractivity contribution in [2.24, 2.45) is 16.8 Å². The molecule has 2 nitrogen and oxygen atoms in total. The highest BCUT2D eigenvalue weighted by molar-refractivity contribution is 6.16. The normalized spacial score (nSPS) is 23.8. The standard InChI is InChI=1S/C57H47NO/c1-37-15-12-27-53(38-16-4-2-5-17-38)58-54(39-18-6-3-7-19-39)36-50(37)43-21-13-20-42(33-43)44-25-14-26-48-45-22-8-9-23-46(45)51-34-40(29-31-49(51)57(44)48)41-30-32-56-52(35-41)47-24-10-11-28-55(47)59-56/h2-11,13-14,16-20,22-28,30,33-37,43,56H,12,15,21,29,31-32H2,1H3/b50-36+,53-27+,58-54+/t37-,43?,56?/m1/s1. The van der Waals surface area contributed by atoms with Crippen LogP contribution in [-0.4, -0.2) is 11.8 Å². The van der Waals surface area contributed by atoms with Crippen molar-refractivity contribution in [2.45, 2.75) is 51.6 Å². The Balaban J connectivity index is 1.02. The first kappa shape index (κ1) is 35.6. The van der Waals surface area contributed by atoms with Crippen LogP contribution in [0.2, 0.25) is 0 Å². The van der Waals surface area contributed by atoms with E-state index in [1.54, 1.807) is 0 Å². The zero-order valence-corrected chi connectivity index (χ0v) is 33.6. The molecule has 0 radical (unpaired) electrons. The summed E-state index contributed by atoms with van der Waals surface area (Å²) >= 11 is 0. The van der Waals surface area contributed by atoms with Gasteiger partial charge in [0.2, 0.25) is 0 Å². The first-order valence-corrected chi connectivity index (χ1v) is 21.5. The summed E-state index contributed by atoms with van der Waals surface area (Å²) in [6.45, 7) is 2.42. The molecule has 0 saturated heterocycles. The van der Waals surface area contributed by atoms with E-state index in [4.69, 9.17) is 9.73 Å². The van der Waals surface area contributed by atoms with Crippen LogP contribution < -0.4 is 4.74 Å². The molecule has 5 aliphatic rings. The fraction of sp³-hybridized carbons (Fsp3) is 0.175. The molecule has 2 unspecified atom stereocenters. The molecular weight excluding hydrogens is 715 g/mol. The average Bonchev–Trinajstić information content (AvgIpc) is 3.71. The molecule has 0 amide bonds. The Labute approximate surface area is 347 Å². The number of ether oxygens (including phenoxy) is 1. The number of hydrogen-bond donors (Lipinski definition) is 0. The third kappa shape index (κ3) is 6.48. The molecule has 0 N–H and O–H groups in total. The molecule has 0 spiro atoms. The number of aryl methyl sites for hydroxylation is 1. The Bertz CT molecular complexity index is 2910. The number of fused-ring (bicyclic) bond motifs is 9. The van der Waals surface area contributed by atoms with Crippen molar-refractivity contribution in [1.82, 2.24) is 0 Å². The lowest BCUT2D eigenvalue weighted by atomic mass is 9.77. The van der Waals surface area contributed by atoms with Gasteiger partial charge >= 0.3 is 0 Å². The van der Waals surface area contributed by atoms with Crippen LogP contribution >= 0.6 is 0 Å². The quantitative estimate of drug-likeness (QED) is 0.160. The monoisotopic (exact) mass is 761 g/mol. The zero-order valence-electron chi connectivity index (χ0n) is 33.6. The number of nitrogens with zero attached hydrogens (tertiary/aromatic N) is 1. The van der Waals surface area contributed by atoms with Crippen LogP contribution in [0.3, 0.4) is 0 Å². The highest BCUT2D eigenvalue weighted by Crippen LogP contribution is 2.47. The van der Waals surface area contributed by atoms with Crippen LogP contribution in [0.1, 0.15) is 72.4 Å². The average molecular weight is 762 g/mol. The second-order valence-electron chi connectivity index (χ2n) is 16.7. The summed E-state index contributed by atoms with van der Waals surface area (Å²) in [4.78, 5) is 5.42. The summed E-state index contributed by atoms with van der Waals surface area (Å²) in [6.07, 6.45) is 25.6. The fourth-order valence-electron chi connectivity index (χ4n) is 10.2. The minimum absolute atomic E-state index is 0.117. The van der Waals surface area contributed by atoms with Gasteiger partial charge in [-0.15, -0.1) is 0 Å². The Morgan fingerprint density at radius 2 is 1.37 bits per heavy atom. The van der Waals surface area contributed by atoms with E-state index in [2.05, 4.69) is 183 Å². The lowest BCUT2D eigenvalue weighted by Gasteiger charge is -2.27. The summed E-state index contributed by atoms with van der Waals surface area (Å²) in [6, 6.07) is 45.9. The maximum Gasteiger partial charge on any atom is 0.128 e. The van der Waals surface area contributed by atoms with Gasteiger partial charge in [-0.25, -0.2) is 4.99 Å². The summed E-state index contributed by atoms with van der Waals surface area (Å²) < 4.78 is 6.34. The molecule has 6 aromatic carbocycles. The maximum absolute atomic E-state index is 6.34. The number of benzene rings is 6. The van der Waals surface area contributed by atoms with Gasteiger partial charge in [0.15, 0.2) is 0 Å². The molecule has 3 aliphatic carbocycles. The zero-order chi connectivity index (χ0) is 39.3. The van der Waals surface area contributed by atoms with Gasteiger partial charge < -0.3 is 4.74 Å². The maximum atomic E-state index is 6.34. The van der Waals surface area contributed by atoms with E-state index in [9.17, 15) is 0 Å². The number of rotatable bonds is 5. The van der Waals surface area contributed by atoms with E-state index in [1.165, 1.54) is 71.7 Å². The van der Waals surface area contributed by atoms with E-state index in [1.807, 2.05) is 0 Å². The molecule has 6 aromatic rings. The van der Waals surface area contributed by atoms with Gasteiger partial charge in [0, 0.05) is 29.0 Å². The first-order valence-electron chi connectivity index (χ1n) is 21.5. The lowest BCUT2D eigenvalue weighted by Crippen LogP contribution is -2.15. The van der Waals surface area contributed by atoms with Crippen molar-refractivity contribution in [3.63, 3.8) is 0 Å². The SMILES string of the molecule is C[C@@H]1CC/C=C(c2ccccc2)/N=C(c2ccccc2)\C=C/1C1C=C(c2cccc3c2c2c(c4ccccc43)C=C(C3=CCC4Oc5ccccc5C4=C3)CC2)C=CC1. The van der Waals surface area contributed by atoms with Crippen molar-refractivity contribution >= 4 is 50.2 Å². The lowest BCUT2D eigenvalue weighted by molar-refractivity contribution is 0.278. The molecule has 59 heavy (non-hydrogen) atoms. The molecule has 0 fully saturated rings. The number of para-hydroxylation sites is 1. The largest absolute Gasteiger partial charge is 0.485 e. The van der Waals surface area contributed by atoms with Gasteiger partial charge in [-0.05, 0) is 117 Å². The van der Waals surface area contributed by atoms with Gasteiger partial charge in [0.05, 0.1) is 11.4 Å².